The molecular weight excluding hydrogens is 394 g/mol. The van der Waals surface area contributed by atoms with Gasteiger partial charge in [0.15, 0.2) is 0 Å². The molecular formula is C26H20ClNO2. The van der Waals surface area contributed by atoms with Crippen LogP contribution in [0.3, 0.4) is 0 Å². The molecule has 0 spiro atoms. The Morgan fingerprint density at radius 3 is 1.50 bits per heavy atom. The van der Waals surface area contributed by atoms with E-state index in [1.807, 2.05) is 60.7 Å². The number of para-hydroxylation sites is 1. The van der Waals surface area contributed by atoms with Crippen molar-refractivity contribution in [3.05, 3.63) is 113 Å². The molecule has 1 saturated heterocycles. The molecule has 4 atom stereocenters. The van der Waals surface area contributed by atoms with Crippen LogP contribution in [0.15, 0.2) is 97.1 Å². The van der Waals surface area contributed by atoms with Crippen molar-refractivity contribution in [3.63, 3.8) is 0 Å². The number of rotatable bonds is 3. The lowest BCUT2D eigenvalue weighted by molar-refractivity contribution is -0.122. The molecule has 30 heavy (non-hydrogen) atoms. The Bertz CT molecular complexity index is 1060. The lowest BCUT2D eigenvalue weighted by Gasteiger charge is -2.32. The van der Waals surface area contributed by atoms with Crippen LogP contribution in [0.5, 0.6) is 0 Å². The summed E-state index contributed by atoms with van der Waals surface area (Å²) in [5.41, 5.74) is 2.54. The topological polar surface area (TPSA) is 37.4 Å². The predicted molar refractivity (Wildman–Crippen MR) is 118 cm³/mol. The summed E-state index contributed by atoms with van der Waals surface area (Å²) in [6.07, 6.45) is 4.19. The summed E-state index contributed by atoms with van der Waals surface area (Å²) >= 11 is 6.38. The number of fused-ring (bicyclic) bond motifs is 1. The second-order valence-corrected chi connectivity index (χ2v) is 8.18. The number of carbonyl (C=O) groups excluding carboxylic acids is 2. The average molecular weight is 414 g/mol. The van der Waals surface area contributed by atoms with E-state index in [1.54, 1.807) is 24.3 Å². The molecule has 1 heterocycles. The molecule has 148 valence electrons. The molecule has 0 aromatic heterocycles. The first-order valence-electron chi connectivity index (χ1n) is 10.1. The second-order valence-electron chi connectivity index (χ2n) is 7.77. The van der Waals surface area contributed by atoms with Crippen molar-refractivity contribution in [1.29, 1.82) is 0 Å². The minimum Gasteiger partial charge on any atom is -0.274 e. The highest BCUT2D eigenvalue weighted by atomic mass is 35.5. The van der Waals surface area contributed by atoms with Gasteiger partial charge in [0.25, 0.3) is 0 Å². The Labute approximate surface area is 180 Å². The molecule has 2 aliphatic rings. The molecule has 0 bridgehead atoms. The minimum absolute atomic E-state index is 0.153. The summed E-state index contributed by atoms with van der Waals surface area (Å²) in [6, 6.07) is 26.9. The van der Waals surface area contributed by atoms with Crippen LogP contribution in [0, 0.1) is 11.8 Å². The molecule has 5 rings (SSSR count). The maximum atomic E-state index is 13.7. The molecule has 0 radical (unpaired) electrons. The highest BCUT2D eigenvalue weighted by Crippen LogP contribution is 2.50. The third-order valence-electron chi connectivity index (χ3n) is 6.16. The normalized spacial score (nSPS) is 25.4. The van der Waals surface area contributed by atoms with E-state index in [0.29, 0.717) is 10.7 Å². The fourth-order valence-corrected chi connectivity index (χ4v) is 5.02. The standard InChI is InChI=1S/C26H20ClNO2/c27-21-13-7-8-14-22(21)28-25(29)23-19(17-9-3-1-4-10-17)15-16-20(24(23)26(28)30)18-11-5-2-6-12-18/h1-16,19-20,23-24H/t19-,20+,23+,24-. The van der Waals surface area contributed by atoms with Crippen molar-refractivity contribution < 1.29 is 9.59 Å². The van der Waals surface area contributed by atoms with Crippen molar-refractivity contribution in [3.8, 4) is 0 Å². The maximum Gasteiger partial charge on any atom is 0.238 e. The number of amides is 2. The van der Waals surface area contributed by atoms with Gasteiger partial charge in [0.2, 0.25) is 11.8 Å². The zero-order valence-electron chi connectivity index (χ0n) is 16.2. The average Bonchev–Trinajstić information content (AvgIpc) is 3.06. The van der Waals surface area contributed by atoms with Crippen LogP contribution in [-0.4, -0.2) is 11.8 Å². The van der Waals surface area contributed by atoms with Gasteiger partial charge in [0, 0.05) is 11.8 Å². The van der Waals surface area contributed by atoms with Gasteiger partial charge < -0.3 is 0 Å². The second kappa shape index (κ2) is 7.58. The number of carbonyl (C=O) groups is 2. The first-order valence-corrected chi connectivity index (χ1v) is 10.4. The van der Waals surface area contributed by atoms with Crippen LogP contribution in [0.2, 0.25) is 5.02 Å². The zero-order chi connectivity index (χ0) is 20.7. The molecule has 0 N–H and O–H groups in total. The summed E-state index contributed by atoms with van der Waals surface area (Å²) in [4.78, 5) is 28.7. The molecule has 1 fully saturated rings. The number of hydrogen-bond acceptors (Lipinski definition) is 2. The molecule has 0 saturated carbocycles. The fraction of sp³-hybridized carbons (Fsp3) is 0.154. The first-order chi connectivity index (χ1) is 14.7. The minimum atomic E-state index is -0.466. The monoisotopic (exact) mass is 413 g/mol. The highest BCUT2D eigenvalue weighted by Gasteiger charge is 2.55. The smallest absolute Gasteiger partial charge is 0.238 e. The van der Waals surface area contributed by atoms with E-state index >= 15 is 0 Å². The van der Waals surface area contributed by atoms with Gasteiger partial charge >= 0.3 is 0 Å². The van der Waals surface area contributed by atoms with Gasteiger partial charge in [0.05, 0.1) is 22.5 Å². The van der Waals surface area contributed by atoms with E-state index in [4.69, 9.17) is 11.6 Å². The van der Waals surface area contributed by atoms with Gasteiger partial charge in [-0.1, -0.05) is 96.5 Å². The van der Waals surface area contributed by atoms with Crippen molar-refractivity contribution in [2.24, 2.45) is 11.8 Å². The summed E-state index contributed by atoms with van der Waals surface area (Å²) < 4.78 is 0. The number of imide groups is 1. The van der Waals surface area contributed by atoms with Crippen LogP contribution in [0.4, 0.5) is 5.69 Å². The van der Waals surface area contributed by atoms with Crippen molar-refractivity contribution in [2.75, 3.05) is 4.90 Å². The highest BCUT2D eigenvalue weighted by molar-refractivity contribution is 6.36. The van der Waals surface area contributed by atoms with Gasteiger partial charge in [-0.2, -0.15) is 0 Å². The Hall–Kier alpha value is -3.17. The number of nitrogens with zero attached hydrogens (tertiary/aromatic N) is 1. The van der Waals surface area contributed by atoms with E-state index in [1.165, 1.54) is 4.90 Å². The quantitative estimate of drug-likeness (QED) is 0.415. The Morgan fingerprint density at radius 2 is 1.03 bits per heavy atom. The van der Waals surface area contributed by atoms with Crippen molar-refractivity contribution in [1.82, 2.24) is 0 Å². The Kier molecular flexibility index (Phi) is 4.76. The number of anilines is 1. The van der Waals surface area contributed by atoms with Gasteiger partial charge in [-0.05, 0) is 23.3 Å². The molecule has 3 aromatic rings. The molecule has 2 amide bonds. The predicted octanol–water partition coefficient (Wildman–Crippen LogP) is 5.58. The number of hydrogen-bond donors (Lipinski definition) is 0. The molecule has 1 aliphatic carbocycles. The van der Waals surface area contributed by atoms with Crippen LogP contribution < -0.4 is 4.90 Å². The number of allylic oxidation sites excluding steroid dienone is 2. The molecule has 4 heteroatoms. The first kappa shape index (κ1) is 18.8. The van der Waals surface area contributed by atoms with Crippen LogP contribution >= 0.6 is 11.6 Å². The maximum absolute atomic E-state index is 13.7. The van der Waals surface area contributed by atoms with Crippen molar-refractivity contribution in [2.45, 2.75) is 11.8 Å². The van der Waals surface area contributed by atoms with Gasteiger partial charge in [0.1, 0.15) is 0 Å². The van der Waals surface area contributed by atoms with Gasteiger partial charge in [-0.15, -0.1) is 0 Å². The van der Waals surface area contributed by atoms with Gasteiger partial charge in [-0.25, -0.2) is 4.90 Å². The molecule has 3 aromatic carbocycles. The number of halogens is 1. The van der Waals surface area contributed by atoms with Crippen LogP contribution in [-0.2, 0) is 9.59 Å². The SMILES string of the molecule is O=C1[C@@H]2[C@H](C(=O)N1c1ccccc1Cl)[C@H](c1ccccc1)C=C[C@@H]2c1ccccc1. The Balaban J connectivity index is 1.65. The van der Waals surface area contributed by atoms with E-state index in [2.05, 4.69) is 12.2 Å². The van der Waals surface area contributed by atoms with E-state index in [9.17, 15) is 9.59 Å². The van der Waals surface area contributed by atoms with Crippen LogP contribution in [0.1, 0.15) is 23.0 Å². The van der Waals surface area contributed by atoms with E-state index in [0.717, 1.165) is 11.1 Å². The molecule has 1 aliphatic heterocycles. The van der Waals surface area contributed by atoms with E-state index < -0.39 is 11.8 Å². The van der Waals surface area contributed by atoms with Crippen molar-refractivity contribution >= 4 is 29.1 Å². The number of benzene rings is 3. The van der Waals surface area contributed by atoms with Crippen LogP contribution in [0.25, 0.3) is 0 Å². The third-order valence-corrected chi connectivity index (χ3v) is 6.48. The Morgan fingerprint density at radius 1 is 0.600 bits per heavy atom. The third kappa shape index (κ3) is 2.98. The lowest BCUT2D eigenvalue weighted by atomic mass is 9.68. The summed E-state index contributed by atoms with van der Waals surface area (Å²) in [6.45, 7) is 0. The van der Waals surface area contributed by atoms with Gasteiger partial charge in [-0.3, -0.25) is 9.59 Å². The fourth-order valence-electron chi connectivity index (χ4n) is 4.80. The summed E-state index contributed by atoms with van der Waals surface area (Å²) in [5, 5.41) is 0.401. The molecule has 3 nitrogen and oxygen atoms in total. The summed E-state index contributed by atoms with van der Waals surface area (Å²) in [5.74, 6) is -1.60. The zero-order valence-corrected chi connectivity index (χ0v) is 16.9. The molecule has 0 unspecified atom stereocenters. The van der Waals surface area contributed by atoms with E-state index in [-0.39, 0.29) is 23.7 Å². The largest absolute Gasteiger partial charge is 0.274 e. The lowest BCUT2D eigenvalue weighted by Crippen LogP contribution is -2.31. The summed E-state index contributed by atoms with van der Waals surface area (Å²) in [7, 11) is 0.